The normalized spacial score (nSPS) is 18.0. The SMILES string of the molecule is CCn1nc(C)c2c1CCN(C(C)(C(N)=O)c1ccccc1)C2CCc1cccc(F)c1F. The van der Waals surface area contributed by atoms with Gasteiger partial charge in [0.25, 0.3) is 0 Å². The van der Waals surface area contributed by atoms with E-state index in [1.165, 1.54) is 6.07 Å². The number of aromatic nitrogens is 2. The summed E-state index contributed by atoms with van der Waals surface area (Å²) in [4.78, 5) is 15.1. The summed E-state index contributed by atoms with van der Waals surface area (Å²) >= 11 is 0. The van der Waals surface area contributed by atoms with Crippen molar-refractivity contribution in [3.8, 4) is 0 Å². The van der Waals surface area contributed by atoms with E-state index in [0.717, 1.165) is 41.5 Å². The van der Waals surface area contributed by atoms with Gasteiger partial charge in [0, 0.05) is 36.8 Å². The third-order valence-electron chi connectivity index (χ3n) is 6.99. The summed E-state index contributed by atoms with van der Waals surface area (Å²) in [5.41, 5.74) is 9.18. The maximum absolute atomic E-state index is 14.4. The Balaban J connectivity index is 1.80. The molecular weight excluding hydrogens is 422 g/mol. The van der Waals surface area contributed by atoms with Crippen LogP contribution in [-0.4, -0.2) is 27.1 Å². The van der Waals surface area contributed by atoms with Crippen molar-refractivity contribution in [2.45, 2.75) is 58.2 Å². The molecule has 1 aromatic heterocycles. The number of halogens is 2. The van der Waals surface area contributed by atoms with Crippen molar-refractivity contribution in [2.75, 3.05) is 6.54 Å². The van der Waals surface area contributed by atoms with Crippen LogP contribution in [0, 0.1) is 18.6 Å². The first-order chi connectivity index (χ1) is 15.8. The molecule has 0 aliphatic carbocycles. The number of hydrogen-bond donors (Lipinski definition) is 1. The van der Waals surface area contributed by atoms with Gasteiger partial charge in [0.1, 0.15) is 5.54 Å². The van der Waals surface area contributed by atoms with E-state index in [4.69, 9.17) is 10.8 Å². The second-order valence-corrected chi connectivity index (χ2v) is 8.77. The zero-order valence-electron chi connectivity index (χ0n) is 19.3. The highest BCUT2D eigenvalue weighted by Crippen LogP contribution is 2.43. The highest BCUT2D eigenvalue weighted by atomic mass is 19.2. The predicted molar refractivity (Wildman–Crippen MR) is 123 cm³/mol. The van der Waals surface area contributed by atoms with Gasteiger partial charge in [-0.2, -0.15) is 5.10 Å². The van der Waals surface area contributed by atoms with Crippen molar-refractivity contribution >= 4 is 5.91 Å². The molecule has 1 aliphatic rings. The lowest BCUT2D eigenvalue weighted by Gasteiger charge is -2.47. The molecule has 0 bridgehead atoms. The Kier molecular flexibility index (Phi) is 6.34. The minimum Gasteiger partial charge on any atom is -0.368 e. The summed E-state index contributed by atoms with van der Waals surface area (Å²) in [5, 5.41) is 4.72. The zero-order valence-corrected chi connectivity index (χ0v) is 19.3. The molecule has 2 heterocycles. The second-order valence-electron chi connectivity index (χ2n) is 8.77. The first kappa shape index (κ1) is 23.1. The van der Waals surface area contributed by atoms with Gasteiger partial charge in [-0.1, -0.05) is 42.5 Å². The lowest BCUT2D eigenvalue weighted by molar-refractivity contribution is -0.132. The fraction of sp³-hybridized carbons (Fsp3) is 0.385. The van der Waals surface area contributed by atoms with Gasteiger partial charge in [0.05, 0.1) is 5.69 Å². The molecule has 1 aliphatic heterocycles. The van der Waals surface area contributed by atoms with E-state index < -0.39 is 23.1 Å². The number of amides is 1. The lowest BCUT2D eigenvalue weighted by atomic mass is 9.82. The van der Waals surface area contributed by atoms with Crippen LogP contribution in [0.15, 0.2) is 48.5 Å². The molecule has 7 heteroatoms. The highest BCUT2D eigenvalue weighted by Gasteiger charge is 2.46. The Hall–Kier alpha value is -3.06. The number of rotatable bonds is 7. The maximum Gasteiger partial charge on any atom is 0.242 e. The number of aryl methyl sites for hydroxylation is 3. The number of fused-ring (bicyclic) bond motifs is 1. The molecule has 2 N–H and O–H groups in total. The molecule has 0 spiro atoms. The van der Waals surface area contributed by atoms with E-state index in [1.807, 2.05) is 55.8 Å². The van der Waals surface area contributed by atoms with Crippen molar-refractivity contribution in [1.29, 1.82) is 0 Å². The summed E-state index contributed by atoms with van der Waals surface area (Å²) in [7, 11) is 0. The van der Waals surface area contributed by atoms with Crippen LogP contribution in [0.2, 0.25) is 0 Å². The fourth-order valence-electron chi connectivity index (χ4n) is 5.22. The standard InChI is InChI=1S/C26H30F2N4O/c1-4-32-22-15-16-31(26(3,25(29)33)19-10-6-5-7-11-19)21(23(22)17(2)30-32)14-13-18-9-8-12-20(27)24(18)28/h5-12,21H,4,13-16H2,1-3H3,(H2,29,33). The topological polar surface area (TPSA) is 64.2 Å². The molecule has 5 nitrogen and oxygen atoms in total. The predicted octanol–water partition coefficient (Wildman–Crippen LogP) is 4.42. The molecule has 0 fully saturated rings. The highest BCUT2D eigenvalue weighted by molar-refractivity contribution is 5.86. The van der Waals surface area contributed by atoms with E-state index in [2.05, 4.69) is 4.90 Å². The van der Waals surface area contributed by atoms with Gasteiger partial charge in [0.2, 0.25) is 5.91 Å². The van der Waals surface area contributed by atoms with Gasteiger partial charge in [-0.25, -0.2) is 8.78 Å². The van der Waals surface area contributed by atoms with Crippen LogP contribution in [0.1, 0.15) is 54.4 Å². The van der Waals surface area contributed by atoms with Crippen molar-refractivity contribution in [2.24, 2.45) is 5.73 Å². The minimum absolute atomic E-state index is 0.227. The van der Waals surface area contributed by atoms with Crippen LogP contribution >= 0.6 is 0 Å². The monoisotopic (exact) mass is 452 g/mol. The van der Waals surface area contributed by atoms with Crippen LogP contribution in [0.5, 0.6) is 0 Å². The van der Waals surface area contributed by atoms with E-state index in [0.29, 0.717) is 24.9 Å². The van der Waals surface area contributed by atoms with Crippen LogP contribution < -0.4 is 5.73 Å². The largest absolute Gasteiger partial charge is 0.368 e. The van der Waals surface area contributed by atoms with E-state index in [1.54, 1.807) is 6.07 Å². The quantitative estimate of drug-likeness (QED) is 0.577. The number of nitrogens with zero attached hydrogens (tertiary/aromatic N) is 3. The first-order valence-corrected chi connectivity index (χ1v) is 11.4. The van der Waals surface area contributed by atoms with E-state index in [9.17, 15) is 13.6 Å². The average Bonchev–Trinajstić information content (AvgIpc) is 3.15. The number of carbonyl (C=O) groups is 1. The molecular formula is C26H30F2N4O. The summed E-state index contributed by atoms with van der Waals surface area (Å²) in [6.45, 7) is 7.21. The molecule has 174 valence electrons. The first-order valence-electron chi connectivity index (χ1n) is 11.4. The van der Waals surface area contributed by atoms with Gasteiger partial charge in [-0.3, -0.25) is 14.4 Å². The summed E-state index contributed by atoms with van der Waals surface area (Å²) in [6, 6.07) is 13.5. The number of primary amides is 1. The Labute approximate surface area is 193 Å². The number of carbonyl (C=O) groups excluding carboxylic acids is 1. The molecule has 2 aromatic carbocycles. The summed E-state index contributed by atoms with van der Waals surface area (Å²) in [5.74, 6) is -2.11. The van der Waals surface area contributed by atoms with Crippen molar-refractivity contribution < 1.29 is 13.6 Å². The maximum atomic E-state index is 14.4. The molecule has 3 aromatic rings. The molecule has 0 radical (unpaired) electrons. The number of nitrogens with two attached hydrogens (primary N) is 1. The third kappa shape index (κ3) is 3.95. The number of hydrogen-bond acceptors (Lipinski definition) is 3. The average molecular weight is 453 g/mol. The molecule has 33 heavy (non-hydrogen) atoms. The zero-order chi connectivity index (χ0) is 23.8. The fourth-order valence-corrected chi connectivity index (χ4v) is 5.22. The Morgan fingerprint density at radius 3 is 2.58 bits per heavy atom. The van der Waals surface area contributed by atoms with Crippen molar-refractivity contribution in [3.05, 3.63) is 88.2 Å². The number of benzene rings is 2. The molecule has 0 saturated carbocycles. The van der Waals surface area contributed by atoms with Crippen molar-refractivity contribution in [1.82, 2.24) is 14.7 Å². The Morgan fingerprint density at radius 1 is 1.18 bits per heavy atom. The lowest BCUT2D eigenvalue weighted by Crippen LogP contribution is -2.56. The third-order valence-corrected chi connectivity index (χ3v) is 6.99. The second kappa shape index (κ2) is 9.06. The van der Waals surface area contributed by atoms with Gasteiger partial charge in [0.15, 0.2) is 11.6 Å². The van der Waals surface area contributed by atoms with Gasteiger partial charge in [-0.05, 0) is 50.8 Å². The Morgan fingerprint density at radius 2 is 1.91 bits per heavy atom. The van der Waals surface area contributed by atoms with Crippen molar-refractivity contribution in [3.63, 3.8) is 0 Å². The van der Waals surface area contributed by atoms with Crippen LogP contribution in [0.4, 0.5) is 8.78 Å². The summed E-state index contributed by atoms with van der Waals surface area (Å²) in [6.07, 6.45) is 1.55. The van der Waals surface area contributed by atoms with Gasteiger partial charge < -0.3 is 5.73 Å². The summed E-state index contributed by atoms with van der Waals surface area (Å²) < 4.78 is 30.3. The van der Waals surface area contributed by atoms with Gasteiger partial charge >= 0.3 is 0 Å². The van der Waals surface area contributed by atoms with E-state index >= 15 is 0 Å². The molecule has 4 rings (SSSR count). The smallest absolute Gasteiger partial charge is 0.242 e. The molecule has 1 amide bonds. The Bertz CT molecular complexity index is 1160. The molecule has 2 unspecified atom stereocenters. The van der Waals surface area contributed by atoms with Crippen LogP contribution in [-0.2, 0) is 29.7 Å². The van der Waals surface area contributed by atoms with Gasteiger partial charge in [-0.15, -0.1) is 0 Å². The minimum atomic E-state index is -1.06. The van der Waals surface area contributed by atoms with Crippen LogP contribution in [0.25, 0.3) is 0 Å². The molecule has 2 atom stereocenters. The van der Waals surface area contributed by atoms with E-state index in [-0.39, 0.29) is 6.04 Å². The molecule has 0 saturated heterocycles. The van der Waals surface area contributed by atoms with Crippen LogP contribution in [0.3, 0.4) is 0 Å².